The molecular weight excluding hydrogens is 278 g/mol. The molecule has 0 bridgehead atoms. The van der Waals surface area contributed by atoms with Gasteiger partial charge in [-0.25, -0.2) is 4.98 Å². The second-order valence-electron chi connectivity index (χ2n) is 5.90. The smallest absolute Gasteiger partial charge is 0.237 e. The van der Waals surface area contributed by atoms with Gasteiger partial charge in [0, 0.05) is 12.4 Å². The van der Waals surface area contributed by atoms with E-state index in [4.69, 9.17) is 0 Å². The van der Waals surface area contributed by atoms with E-state index in [2.05, 4.69) is 20.2 Å². The molecule has 1 amide bonds. The van der Waals surface area contributed by atoms with E-state index >= 15 is 0 Å². The largest absolute Gasteiger partial charge is 0.349 e. The van der Waals surface area contributed by atoms with E-state index in [0.717, 1.165) is 24.4 Å². The molecule has 118 valence electrons. The van der Waals surface area contributed by atoms with Crippen molar-refractivity contribution in [1.29, 1.82) is 0 Å². The molecule has 0 aliphatic carbocycles. The predicted octanol–water partition coefficient (Wildman–Crippen LogP) is 1.61. The van der Waals surface area contributed by atoms with Gasteiger partial charge < -0.3 is 5.32 Å². The van der Waals surface area contributed by atoms with Gasteiger partial charge in [0.2, 0.25) is 5.91 Å². The van der Waals surface area contributed by atoms with Gasteiger partial charge in [-0.1, -0.05) is 12.8 Å². The lowest BCUT2D eigenvalue weighted by atomic mass is 10.2. The zero-order valence-electron chi connectivity index (χ0n) is 13.0. The van der Waals surface area contributed by atoms with Gasteiger partial charge in [-0.15, -0.1) is 0 Å². The van der Waals surface area contributed by atoms with E-state index < -0.39 is 0 Å². The minimum atomic E-state index is -0.0704. The standard InChI is InChI=1S/C16H23N5O/c1-13(20-7-4-2-3-5-8-20)16(22)19-11-14-10-18-15-12-17-6-9-21(14)15/h6,9-10,12-13H,2-5,7-8,11H2,1H3,(H,19,22)/t13-/m0/s1. The van der Waals surface area contributed by atoms with Crippen LogP contribution in [0.4, 0.5) is 0 Å². The fourth-order valence-corrected chi connectivity index (χ4v) is 3.00. The molecule has 2 aromatic heterocycles. The van der Waals surface area contributed by atoms with E-state index in [9.17, 15) is 4.79 Å². The Hall–Kier alpha value is -1.95. The Bertz CT molecular complexity index is 630. The van der Waals surface area contributed by atoms with Crippen molar-refractivity contribution in [2.75, 3.05) is 13.1 Å². The third kappa shape index (κ3) is 3.27. The predicted molar refractivity (Wildman–Crippen MR) is 84.3 cm³/mol. The van der Waals surface area contributed by atoms with Crippen LogP contribution in [0, 0.1) is 0 Å². The summed E-state index contributed by atoms with van der Waals surface area (Å²) in [5.74, 6) is 0.0888. The molecule has 3 rings (SSSR count). The van der Waals surface area contributed by atoms with Crippen LogP contribution in [0.25, 0.3) is 5.65 Å². The summed E-state index contributed by atoms with van der Waals surface area (Å²) in [6.07, 6.45) is 12.0. The molecule has 1 fully saturated rings. The summed E-state index contributed by atoms with van der Waals surface area (Å²) in [7, 11) is 0. The molecule has 1 saturated heterocycles. The lowest BCUT2D eigenvalue weighted by molar-refractivity contribution is -0.126. The highest BCUT2D eigenvalue weighted by Gasteiger charge is 2.21. The van der Waals surface area contributed by atoms with E-state index in [1.807, 2.05) is 17.5 Å². The molecule has 0 unspecified atom stereocenters. The fraction of sp³-hybridized carbons (Fsp3) is 0.562. The summed E-state index contributed by atoms with van der Waals surface area (Å²) in [4.78, 5) is 23.0. The van der Waals surface area contributed by atoms with Gasteiger partial charge in [-0.2, -0.15) is 0 Å². The first-order valence-electron chi connectivity index (χ1n) is 8.03. The maximum atomic E-state index is 12.4. The number of nitrogens with zero attached hydrogens (tertiary/aromatic N) is 4. The summed E-state index contributed by atoms with van der Waals surface area (Å²) < 4.78 is 1.95. The first-order chi connectivity index (χ1) is 10.8. The second kappa shape index (κ2) is 6.87. The Morgan fingerprint density at radius 2 is 2.05 bits per heavy atom. The van der Waals surface area contributed by atoms with Crippen LogP contribution < -0.4 is 5.32 Å². The van der Waals surface area contributed by atoms with Crippen LogP contribution in [0.15, 0.2) is 24.8 Å². The number of carbonyl (C=O) groups is 1. The van der Waals surface area contributed by atoms with Crippen LogP contribution in [-0.4, -0.2) is 44.3 Å². The normalized spacial score (nSPS) is 18.0. The molecule has 6 nitrogen and oxygen atoms in total. The Morgan fingerprint density at radius 3 is 2.82 bits per heavy atom. The molecule has 0 spiro atoms. The van der Waals surface area contributed by atoms with E-state index in [1.165, 1.54) is 25.7 Å². The summed E-state index contributed by atoms with van der Waals surface area (Å²) in [5.41, 5.74) is 1.76. The molecular formula is C16H23N5O. The topological polar surface area (TPSA) is 62.5 Å². The zero-order chi connectivity index (χ0) is 15.4. The SMILES string of the molecule is C[C@@H](C(=O)NCc1cnc2cnccn12)N1CCCCCC1. The van der Waals surface area contributed by atoms with Crippen molar-refractivity contribution >= 4 is 11.6 Å². The van der Waals surface area contributed by atoms with Crippen molar-refractivity contribution in [2.45, 2.75) is 45.2 Å². The molecule has 6 heteroatoms. The van der Waals surface area contributed by atoms with E-state index in [1.54, 1.807) is 18.6 Å². The van der Waals surface area contributed by atoms with Crippen LogP contribution in [0.3, 0.4) is 0 Å². The van der Waals surface area contributed by atoms with Crippen LogP contribution in [0.5, 0.6) is 0 Å². The minimum Gasteiger partial charge on any atom is -0.349 e. The second-order valence-corrected chi connectivity index (χ2v) is 5.90. The van der Waals surface area contributed by atoms with Gasteiger partial charge in [-0.3, -0.25) is 19.1 Å². The fourth-order valence-electron chi connectivity index (χ4n) is 3.00. The molecule has 1 N–H and O–H groups in total. The summed E-state index contributed by atoms with van der Waals surface area (Å²) >= 11 is 0. The third-order valence-corrected chi connectivity index (χ3v) is 4.41. The number of amides is 1. The first kappa shape index (κ1) is 15.0. The van der Waals surface area contributed by atoms with Crippen molar-refractivity contribution in [2.24, 2.45) is 0 Å². The number of rotatable bonds is 4. The minimum absolute atomic E-state index is 0.0704. The lowest BCUT2D eigenvalue weighted by Crippen LogP contribution is -2.45. The monoisotopic (exact) mass is 301 g/mol. The van der Waals surface area contributed by atoms with Gasteiger partial charge in [-0.05, 0) is 32.9 Å². The summed E-state index contributed by atoms with van der Waals surface area (Å²) in [6.45, 7) is 4.53. The van der Waals surface area contributed by atoms with E-state index in [0.29, 0.717) is 6.54 Å². The molecule has 0 aromatic carbocycles. The molecule has 22 heavy (non-hydrogen) atoms. The van der Waals surface area contributed by atoms with Crippen LogP contribution >= 0.6 is 0 Å². The number of nitrogens with one attached hydrogen (secondary N) is 1. The van der Waals surface area contributed by atoms with Gasteiger partial charge in [0.05, 0.1) is 30.7 Å². The Balaban J connectivity index is 1.59. The number of aromatic nitrogens is 3. The maximum Gasteiger partial charge on any atom is 0.237 e. The molecule has 1 aliphatic heterocycles. The Kier molecular flexibility index (Phi) is 4.68. The van der Waals surface area contributed by atoms with E-state index in [-0.39, 0.29) is 11.9 Å². The molecule has 3 heterocycles. The highest BCUT2D eigenvalue weighted by Crippen LogP contribution is 2.12. The van der Waals surface area contributed by atoms with Crippen LogP contribution in [0.2, 0.25) is 0 Å². The molecule has 0 saturated carbocycles. The van der Waals surface area contributed by atoms with Gasteiger partial charge >= 0.3 is 0 Å². The van der Waals surface area contributed by atoms with Crippen LogP contribution in [0.1, 0.15) is 38.3 Å². The number of fused-ring (bicyclic) bond motifs is 1. The molecule has 0 radical (unpaired) electrons. The van der Waals surface area contributed by atoms with Crippen LogP contribution in [-0.2, 0) is 11.3 Å². The zero-order valence-corrected chi connectivity index (χ0v) is 13.0. The first-order valence-corrected chi connectivity index (χ1v) is 8.03. The maximum absolute atomic E-state index is 12.4. The Labute approximate surface area is 130 Å². The molecule has 1 atom stereocenters. The number of hydrogen-bond donors (Lipinski definition) is 1. The highest BCUT2D eigenvalue weighted by atomic mass is 16.2. The average Bonchev–Trinajstić information content (AvgIpc) is 2.77. The lowest BCUT2D eigenvalue weighted by Gasteiger charge is -2.26. The number of imidazole rings is 1. The van der Waals surface area contributed by atoms with Crippen molar-refractivity contribution in [3.05, 3.63) is 30.5 Å². The van der Waals surface area contributed by atoms with Crippen molar-refractivity contribution < 1.29 is 4.79 Å². The van der Waals surface area contributed by atoms with Crippen molar-refractivity contribution in [1.82, 2.24) is 24.6 Å². The number of hydrogen-bond acceptors (Lipinski definition) is 4. The van der Waals surface area contributed by atoms with Crippen molar-refractivity contribution in [3.63, 3.8) is 0 Å². The Morgan fingerprint density at radius 1 is 1.27 bits per heavy atom. The summed E-state index contributed by atoms with van der Waals surface area (Å²) in [6, 6.07) is -0.0704. The quantitative estimate of drug-likeness (QED) is 0.932. The van der Waals surface area contributed by atoms with Gasteiger partial charge in [0.1, 0.15) is 0 Å². The third-order valence-electron chi connectivity index (χ3n) is 4.41. The molecule has 1 aliphatic rings. The highest BCUT2D eigenvalue weighted by molar-refractivity contribution is 5.81. The average molecular weight is 301 g/mol. The number of carbonyl (C=O) groups excluding carboxylic acids is 1. The number of likely N-dealkylation sites (tertiary alicyclic amines) is 1. The van der Waals surface area contributed by atoms with Gasteiger partial charge in [0.15, 0.2) is 5.65 Å². The molecule has 2 aromatic rings. The van der Waals surface area contributed by atoms with Gasteiger partial charge in [0.25, 0.3) is 0 Å². The summed E-state index contributed by atoms with van der Waals surface area (Å²) in [5, 5.41) is 3.03. The van der Waals surface area contributed by atoms with Crippen molar-refractivity contribution in [3.8, 4) is 0 Å².